The van der Waals surface area contributed by atoms with Crippen molar-refractivity contribution in [2.45, 2.75) is 25.9 Å². The fraction of sp³-hybridized carbons (Fsp3) is 0.400. The number of aromatic nitrogens is 2. The van der Waals surface area contributed by atoms with E-state index in [0.717, 1.165) is 18.7 Å². The summed E-state index contributed by atoms with van der Waals surface area (Å²) in [5, 5.41) is 7.67. The van der Waals surface area contributed by atoms with Crippen LogP contribution in [0.3, 0.4) is 0 Å². The molecule has 4 nitrogen and oxygen atoms in total. The van der Waals surface area contributed by atoms with Crippen LogP contribution >= 0.6 is 0 Å². The molecule has 0 aliphatic heterocycles. The number of rotatable bonds is 6. The standard InChI is InChI=1S/C15H21N3O/c1-12(16-9-13-10-17-18(2)11-13)8-14-6-4-5-7-15(14)19-3/h4-7,10-12,16H,8-9H2,1-3H3. The van der Waals surface area contributed by atoms with E-state index in [2.05, 4.69) is 23.4 Å². The molecular formula is C15H21N3O. The van der Waals surface area contributed by atoms with E-state index in [4.69, 9.17) is 4.74 Å². The van der Waals surface area contributed by atoms with Crippen molar-refractivity contribution in [3.8, 4) is 5.75 Å². The van der Waals surface area contributed by atoms with Crippen molar-refractivity contribution in [2.24, 2.45) is 7.05 Å². The van der Waals surface area contributed by atoms with Gasteiger partial charge in [-0.3, -0.25) is 4.68 Å². The predicted octanol–water partition coefficient (Wildman–Crippen LogP) is 2.15. The van der Waals surface area contributed by atoms with Gasteiger partial charge in [0.25, 0.3) is 0 Å². The Hall–Kier alpha value is -1.81. The Morgan fingerprint density at radius 1 is 1.37 bits per heavy atom. The van der Waals surface area contributed by atoms with Crippen molar-refractivity contribution in [3.63, 3.8) is 0 Å². The summed E-state index contributed by atoms with van der Waals surface area (Å²) in [7, 11) is 3.65. The highest BCUT2D eigenvalue weighted by Crippen LogP contribution is 2.18. The third-order valence-electron chi connectivity index (χ3n) is 3.13. The second-order valence-electron chi connectivity index (χ2n) is 4.82. The van der Waals surface area contributed by atoms with E-state index in [1.54, 1.807) is 7.11 Å². The van der Waals surface area contributed by atoms with E-state index in [1.165, 1.54) is 11.1 Å². The molecule has 2 rings (SSSR count). The quantitative estimate of drug-likeness (QED) is 0.864. The molecule has 102 valence electrons. The minimum Gasteiger partial charge on any atom is -0.496 e. The summed E-state index contributed by atoms with van der Waals surface area (Å²) < 4.78 is 7.19. The Morgan fingerprint density at radius 2 is 2.16 bits per heavy atom. The van der Waals surface area contributed by atoms with Crippen LogP contribution in [0.5, 0.6) is 5.75 Å². The minimum atomic E-state index is 0.386. The van der Waals surface area contributed by atoms with Crippen LogP contribution in [-0.2, 0) is 20.0 Å². The number of nitrogens with one attached hydrogen (secondary N) is 1. The first-order valence-corrected chi connectivity index (χ1v) is 6.52. The van der Waals surface area contributed by atoms with Crippen LogP contribution in [0.2, 0.25) is 0 Å². The molecule has 0 radical (unpaired) electrons. The number of nitrogens with zero attached hydrogens (tertiary/aromatic N) is 2. The van der Waals surface area contributed by atoms with E-state index in [1.807, 2.05) is 42.3 Å². The van der Waals surface area contributed by atoms with Gasteiger partial charge in [-0.15, -0.1) is 0 Å². The molecule has 4 heteroatoms. The Bertz CT molecular complexity index is 522. The molecule has 0 aliphatic carbocycles. The highest BCUT2D eigenvalue weighted by molar-refractivity contribution is 5.33. The summed E-state index contributed by atoms with van der Waals surface area (Å²) in [6, 6.07) is 8.54. The van der Waals surface area contributed by atoms with Gasteiger partial charge < -0.3 is 10.1 Å². The lowest BCUT2D eigenvalue weighted by Gasteiger charge is -2.15. The molecule has 19 heavy (non-hydrogen) atoms. The molecule has 0 bridgehead atoms. The van der Waals surface area contributed by atoms with E-state index in [0.29, 0.717) is 6.04 Å². The second kappa shape index (κ2) is 6.38. The molecule has 0 aliphatic rings. The molecule has 0 saturated carbocycles. The van der Waals surface area contributed by atoms with Crippen LogP contribution in [-0.4, -0.2) is 22.9 Å². The SMILES string of the molecule is COc1ccccc1CC(C)NCc1cnn(C)c1. The number of ether oxygens (including phenoxy) is 1. The fourth-order valence-corrected chi connectivity index (χ4v) is 2.13. The molecule has 1 atom stereocenters. The lowest BCUT2D eigenvalue weighted by atomic mass is 10.1. The highest BCUT2D eigenvalue weighted by Gasteiger charge is 2.07. The first kappa shape index (κ1) is 13.6. The molecule has 0 saturated heterocycles. The number of hydrogen-bond acceptors (Lipinski definition) is 3. The van der Waals surface area contributed by atoms with E-state index in [-0.39, 0.29) is 0 Å². The van der Waals surface area contributed by atoms with Crippen LogP contribution in [0, 0.1) is 0 Å². The van der Waals surface area contributed by atoms with Crippen molar-refractivity contribution in [2.75, 3.05) is 7.11 Å². The lowest BCUT2D eigenvalue weighted by molar-refractivity contribution is 0.406. The van der Waals surface area contributed by atoms with Gasteiger partial charge >= 0.3 is 0 Å². The lowest BCUT2D eigenvalue weighted by Crippen LogP contribution is -2.27. The van der Waals surface area contributed by atoms with Gasteiger partial charge in [0.05, 0.1) is 13.3 Å². The van der Waals surface area contributed by atoms with E-state index < -0.39 is 0 Å². The molecule has 0 amide bonds. The van der Waals surface area contributed by atoms with Gasteiger partial charge in [-0.25, -0.2) is 0 Å². The number of para-hydroxylation sites is 1. The molecule has 2 aromatic rings. The summed E-state index contributed by atoms with van der Waals surface area (Å²) >= 11 is 0. The molecule has 1 N–H and O–H groups in total. The van der Waals surface area contributed by atoms with Crippen LogP contribution in [0.25, 0.3) is 0 Å². The summed E-state index contributed by atoms with van der Waals surface area (Å²) in [4.78, 5) is 0. The monoisotopic (exact) mass is 259 g/mol. The van der Waals surface area contributed by atoms with Gasteiger partial charge in [0.1, 0.15) is 5.75 Å². The topological polar surface area (TPSA) is 39.1 Å². The Labute approximate surface area is 114 Å². The largest absolute Gasteiger partial charge is 0.496 e. The highest BCUT2D eigenvalue weighted by atomic mass is 16.5. The summed E-state index contributed by atoms with van der Waals surface area (Å²) in [5.74, 6) is 0.956. The zero-order chi connectivity index (χ0) is 13.7. The molecule has 1 aromatic carbocycles. The average Bonchev–Trinajstić information content (AvgIpc) is 2.83. The second-order valence-corrected chi connectivity index (χ2v) is 4.82. The Kier molecular flexibility index (Phi) is 4.58. The van der Waals surface area contributed by atoms with E-state index >= 15 is 0 Å². The summed E-state index contributed by atoms with van der Waals surface area (Å²) in [6.07, 6.45) is 4.87. The number of aryl methyl sites for hydroxylation is 1. The molecule has 1 aromatic heterocycles. The van der Waals surface area contributed by atoms with Crippen LogP contribution in [0.15, 0.2) is 36.7 Å². The fourth-order valence-electron chi connectivity index (χ4n) is 2.13. The number of hydrogen-bond donors (Lipinski definition) is 1. The maximum absolute atomic E-state index is 5.37. The third kappa shape index (κ3) is 3.83. The van der Waals surface area contributed by atoms with Crippen molar-refractivity contribution < 1.29 is 4.74 Å². The molecule has 1 heterocycles. The summed E-state index contributed by atoms with van der Waals surface area (Å²) in [6.45, 7) is 3.02. The first-order chi connectivity index (χ1) is 9.19. The number of benzene rings is 1. The zero-order valence-corrected chi connectivity index (χ0v) is 11.8. The van der Waals surface area contributed by atoms with Crippen molar-refractivity contribution in [1.29, 1.82) is 0 Å². The maximum Gasteiger partial charge on any atom is 0.122 e. The smallest absolute Gasteiger partial charge is 0.122 e. The molecule has 1 unspecified atom stereocenters. The normalized spacial score (nSPS) is 12.4. The first-order valence-electron chi connectivity index (χ1n) is 6.52. The van der Waals surface area contributed by atoms with Crippen LogP contribution in [0.1, 0.15) is 18.1 Å². The van der Waals surface area contributed by atoms with Gasteiger partial charge in [0, 0.05) is 31.4 Å². The van der Waals surface area contributed by atoms with E-state index in [9.17, 15) is 0 Å². The van der Waals surface area contributed by atoms with Gasteiger partial charge in [-0.1, -0.05) is 18.2 Å². The van der Waals surface area contributed by atoms with Crippen LogP contribution in [0.4, 0.5) is 0 Å². The maximum atomic E-state index is 5.37. The van der Waals surface area contributed by atoms with Crippen molar-refractivity contribution >= 4 is 0 Å². The molecule has 0 spiro atoms. The average molecular weight is 259 g/mol. The minimum absolute atomic E-state index is 0.386. The number of methoxy groups -OCH3 is 1. The van der Waals surface area contributed by atoms with Gasteiger partial charge in [-0.05, 0) is 25.0 Å². The third-order valence-corrected chi connectivity index (χ3v) is 3.13. The van der Waals surface area contributed by atoms with Gasteiger partial charge in [-0.2, -0.15) is 5.10 Å². The Balaban J connectivity index is 1.88. The predicted molar refractivity (Wildman–Crippen MR) is 76.2 cm³/mol. The summed E-state index contributed by atoms with van der Waals surface area (Å²) in [5.41, 5.74) is 2.44. The van der Waals surface area contributed by atoms with Crippen LogP contribution < -0.4 is 10.1 Å². The van der Waals surface area contributed by atoms with Crippen molar-refractivity contribution in [3.05, 3.63) is 47.8 Å². The molecule has 0 fully saturated rings. The molecular weight excluding hydrogens is 238 g/mol. The zero-order valence-electron chi connectivity index (χ0n) is 11.8. The van der Waals surface area contributed by atoms with Gasteiger partial charge in [0.15, 0.2) is 0 Å². The van der Waals surface area contributed by atoms with Crippen molar-refractivity contribution in [1.82, 2.24) is 15.1 Å². The van der Waals surface area contributed by atoms with Gasteiger partial charge in [0.2, 0.25) is 0 Å². The Morgan fingerprint density at radius 3 is 2.84 bits per heavy atom.